The van der Waals surface area contributed by atoms with Crippen LogP contribution in [0.25, 0.3) is 0 Å². The summed E-state index contributed by atoms with van der Waals surface area (Å²) in [7, 11) is 0. The van der Waals surface area contributed by atoms with Gasteiger partial charge in [-0.2, -0.15) is 11.8 Å². The fraction of sp³-hybridized carbons (Fsp3) is 0.667. The van der Waals surface area contributed by atoms with E-state index in [-0.39, 0.29) is 0 Å². The largest absolute Gasteiger partial charge is 0.370 e. The minimum Gasteiger partial charge on any atom is -0.370 e. The summed E-state index contributed by atoms with van der Waals surface area (Å²) < 4.78 is 0. The zero-order chi connectivity index (χ0) is 12.5. The highest BCUT2D eigenvalue weighted by atomic mass is 32.2. The minimum absolute atomic E-state index is 0.804. The Morgan fingerprint density at radius 2 is 1.82 bits per heavy atom. The van der Waals surface area contributed by atoms with Gasteiger partial charge in [0.25, 0.3) is 0 Å². The zero-order valence-corrected chi connectivity index (χ0v) is 11.7. The first kappa shape index (κ1) is 14.1. The standard InChI is InChI=1S/C12H22N4S/c1-4-6-13-11-9-12(16-10(2)15-11)14-7-5-8-17-3/h9H,4-8H2,1-3H3,(H2,13,14,15,16). The highest BCUT2D eigenvalue weighted by Gasteiger charge is 2.00. The normalized spacial score (nSPS) is 10.3. The van der Waals surface area contributed by atoms with E-state index in [4.69, 9.17) is 0 Å². The fourth-order valence-electron chi connectivity index (χ4n) is 1.43. The molecule has 0 bridgehead atoms. The topological polar surface area (TPSA) is 49.8 Å². The summed E-state index contributed by atoms with van der Waals surface area (Å²) in [4.78, 5) is 8.72. The number of thioether (sulfide) groups is 1. The highest BCUT2D eigenvalue weighted by molar-refractivity contribution is 7.98. The SMILES string of the molecule is CCCNc1cc(NCCCSC)nc(C)n1. The van der Waals surface area contributed by atoms with Crippen LogP contribution in [-0.2, 0) is 0 Å². The van der Waals surface area contributed by atoms with Gasteiger partial charge in [0.1, 0.15) is 17.5 Å². The Morgan fingerprint density at radius 3 is 2.41 bits per heavy atom. The summed E-state index contributed by atoms with van der Waals surface area (Å²) >= 11 is 1.87. The monoisotopic (exact) mass is 254 g/mol. The summed E-state index contributed by atoms with van der Waals surface area (Å²) in [5.41, 5.74) is 0. The number of hydrogen-bond donors (Lipinski definition) is 2. The third-order valence-corrected chi connectivity index (χ3v) is 2.92. The van der Waals surface area contributed by atoms with Gasteiger partial charge < -0.3 is 10.6 Å². The number of rotatable bonds is 8. The molecule has 0 aromatic carbocycles. The lowest BCUT2D eigenvalue weighted by atomic mass is 10.4. The number of aryl methyl sites for hydroxylation is 1. The van der Waals surface area contributed by atoms with Crippen LogP contribution >= 0.6 is 11.8 Å². The van der Waals surface area contributed by atoms with Crippen LogP contribution in [0, 0.1) is 6.92 Å². The molecule has 4 nitrogen and oxygen atoms in total. The summed E-state index contributed by atoms with van der Waals surface area (Å²) in [5, 5.41) is 6.61. The Kier molecular flexibility index (Phi) is 6.77. The van der Waals surface area contributed by atoms with Crippen LogP contribution in [0.1, 0.15) is 25.6 Å². The molecule has 0 aliphatic rings. The molecule has 96 valence electrons. The molecule has 0 aliphatic carbocycles. The van der Waals surface area contributed by atoms with Crippen LogP contribution in [0.2, 0.25) is 0 Å². The molecule has 1 rings (SSSR count). The lowest BCUT2D eigenvalue weighted by molar-refractivity contribution is 0.941. The molecule has 0 aliphatic heterocycles. The molecule has 0 spiro atoms. The van der Waals surface area contributed by atoms with Crippen LogP contribution in [-0.4, -0.2) is 35.1 Å². The van der Waals surface area contributed by atoms with Gasteiger partial charge >= 0.3 is 0 Å². The van der Waals surface area contributed by atoms with Gasteiger partial charge in [-0.05, 0) is 31.8 Å². The molecular formula is C12H22N4S. The van der Waals surface area contributed by atoms with Gasteiger partial charge in [0, 0.05) is 19.2 Å². The van der Waals surface area contributed by atoms with E-state index in [2.05, 4.69) is 33.8 Å². The van der Waals surface area contributed by atoms with Crippen LogP contribution in [0.4, 0.5) is 11.6 Å². The van der Waals surface area contributed by atoms with Crippen LogP contribution in [0.5, 0.6) is 0 Å². The predicted octanol–water partition coefficient (Wildman–Crippen LogP) is 2.77. The predicted molar refractivity (Wildman–Crippen MR) is 77.0 cm³/mol. The van der Waals surface area contributed by atoms with E-state index in [1.54, 1.807) is 0 Å². The Bertz CT molecular complexity index is 330. The maximum absolute atomic E-state index is 4.37. The molecule has 0 fully saturated rings. The van der Waals surface area contributed by atoms with Crippen molar-refractivity contribution in [3.05, 3.63) is 11.9 Å². The van der Waals surface area contributed by atoms with Crippen molar-refractivity contribution in [3.8, 4) is 0 Å². The van der Waals surface area contributed by atoms with Crippen molar-refractivity contribution in [3.63, 3.8) is 0 Å². The molecule has 0 saturated heterocycles. The summed E-state index contributed by atoms with van der Waals surface area (Å²) in [6.45, 7) is 5.97. The van der Waals surface area contributed by atoms with Gasteiger partial charge in [-0.3, -0.25) is 0 Å². The zero-order valence-electron chi connectivity index (χ0n) is 10.9. The molecule has 0 unspecified atom stereocenters. The first-order chi connectivity index (χ1) is 8.26. The number of aromatic nitrogens is 2. The third kappa shape index (κ3) is 5.77. The van der Waals surface area contributed by atoms with E-state index in [9.17, 15) is 0 Å². The maximum atomic E-state index is 4.37. The molecule has 0 amide bonds. The van der Waals surface area contributed by atoms with Crippen LogP contribution in [0.3, 0.4) is 0 Å². The molecule has 0 radical (unpaired) electrons. The van der Waals surface area contributed by atoms with E-state index < -0.39 is 0 Å². The minimum atomic E-state index is 0.804. The first-order valence-corrected chi connectivity index (χ1v) is 7.48. The van der Waals surface area contributed by atoms with Crippen molar-refractivity contribution in [2.24, 2.45) is 0 Å². The van der Waals surface area contributed by atoms with Crippen molar-refractivity contribution >= 4 is 23.4 Å². The molecule has 0 atom stereocenters. The number of nitrogens with zero attached hydrogens (tertiary/aromatic N) is 2. The maximum Gasteiger partial charge on any atom is 0.131 e. The van der Waals surface area contributed by atoms with E-state index in [1.807, 2.05) is 24.8 Å². The second-order valence-electron chi connectivity index (χ2n) is 3.89. The van der Waals surface area contributed by atoms with E-state index >= 15 is 0 Å². The lowest BCUT2D eigenvalue weighted by Gasteiger charge is -2.09. The molecule has 17 heavy (non-hydrogen) atoms. The fourth-order valence-corrected chi connectivity index (χ4v) is 1.87. The molecule has 1 heterocycles. The van der Waals surface area contributed by atoms with Crippen molar-refractivity contribution in [1.29, 1.82) is 0 Å². The van der Waals surface area contributed by atoms with Crippen molar-refractivity contribution in [2.45, 2.75) is 26.7 Å². The summed E-state index contributed by atoms with van der Waals surface area (Å²) in [5.74, 6) is 3.81. The van der Waals surface area contributed by atoms with Crippen LogP contribution < -0.4 is 10.6 Å². The Morgan fingerprint density at radius 1 is 1.18 bits per heavy atom. The van der Waals surface area contributed by atoms with Crippen molar-refractivity contribution in [1.82, 2.24) is 9.97 Å². The van der Waals surface area contributed by atoms with Gasteiger partial charge in [-0.1, -0.05) is 6.92 Å². The lowest BCUT2D eigenvalue weighted by Crippen LogP contribution is -2.08. The first-order valence-electron chi connectivity index (χ1n) is 6.08. The average Bonchev–Trinajstić information content (AvgIpc) is 2.31. The number of nitrogens with one attached hydrogen (secondary N) is 2. The second kappa shape index (κ2) is 8.17. The molecule has 1 aromatic heterocycles. The Balaban J connectivity index is 2.50. The number of hydrogen-bond acceptors (Lipinski definition) is 5. The van der Waals surface area contributed by atoms with E-state index in [1.165, 1.54) is 5.75 Å². The van der Waals surface area contributed by atoms with E-state index in [0.29, 0.717) is 0 Å². The smallest absolute Gasteiger partial charge is 0.131 e. The van der Waals surface area contributed by atoms with Gasteiger partial charge in [0.15, 0.2) is 0 Å². The van der Waals surface area contributed by atoms with Gasteiger partial charge in [0.2, 0.25) is 0 Å². The molecular weight excluding hydrogens is 232 g/mol. The van der Waals surface area contributed by atoms with Crippen LogP contribution in [0.15, 0.2) is 6.07 Å². The summed E-state index contributed by atoms with van der Waals surface area (Å²) in [6.07, 6.45) is 4.38. The molecule has 5 heteroatoms. The Hall–Kier alpha value is -0.970. The van der Waals surface area contributed by atoms with Gasteiger partial charge in [-0.25, -0.2) is 9.97 Å². The third-order valence-electron chi connectivity index (χ3n) is 2.23. The molecule has 1 aromatic rings. The highest BCUT2D eigenvalue weighted by Crippen LogP contribution is 2.11. The summed E-state index contributed by atoms with van der Waals surface area (Å²) in [6, 6.07) is 1.97. The van der Waals surface area contributed by atoms with Gasteiger partial charge in [-0.15, -0.1) is 0 Å². The quantitative estimate of drug-likeness (QED) is 0.699. The second-order valence-corrected chi connectivity index (χ2v) is 4.87. The van der Waals surface area contributed by atoms with Gasteiger partial charge in [0.05, 0.1) is 0 Å². The van der Waals surface area contributed by atoms with Crippen molar-refractivity contribution in [2.75, 3.05) is 35.7 Å². The Labute approximate surface area is 108 Å². The average molecular weight is 254 g/mol. The molecule has 0 saturated carbocycles. The van der Waals surface area contributed by atoms with Crippen molar-refractivity contribution < 1.29 is 0 Å². The number of anilines is 2. The molecule has 2 N–H and O–H groups in total. The van der Waals surface area contributed by atoms with E-state index in [0.717, 1.165) is 43.4 Å².